The van der Waals surface area contributed by atoms with E-state index in [9.17, 15) is 9.59 Å². The van der Waals surface area contributed by atoms with Crippen molar-refractivity contribution < 1.29 is 9.59 Å². The predicted molar refractivity (Wildman–Crippen MR) is 151 cm³/mol. The number of amides is 2. The Balaban J connectivity index is 1.54. The first kappa shape index (κ1) is 24.5. The van der Waals surface area contributed by atoms with Gasteiger partial charge in [0.2, 0.25) is 0 Å². The number of rotatable bonds is 5. The van der Waals surface area contributed by atoms with E-state index in [0.29, 0.717) is 18.8 Å². The maximum absolute atomic E-state index is 14.7. The second-order valence-corrected chi connectivity index (χ2v) is 10.9. The Morgan fingerprint density at radius 2 is 1.58 bits per heavy atom. The summed E-state index contributed by atoms with van der Waals surface area (Å²) in [5, 5.41) is 4.46. The number of carbonyl (C=O) groups excluding carboxylic acids is 2. The van der Waals surface area contributed by atoms with Gasteiger partial charge in [-0.05, 0) is 48.6 Å². The zero-order chi connectivity index (χ0) is 26.1. The summed E-state index contributed by atoms with van der Waals surface area (Å²) in [5.74, 6) is -0.200. The normalized spacial score (nSPS) is 20.2. The van der Waals surface area contributed by atoms with Gasteiger partial charge in [-0.15, -0.1) is 0 Å². The first-order valence-electron chi connectivity index (χ1n) is 13.9. The lowest BCUT2D eigenvalue weighted by atomic mass is 9.83. The van der Waals surface area contributed by atoms with Gasteiger partial charge in [-0.25, -0.2) is 0 Å². The molecule has 0 unspecified atom stereocenters. The summed E-state index contributed by atoms with van der Waals surface area (Å²) in [5.41, 5.74) is 3.43. The summed E-state index contributed by atoms with van der Waals surface area (Å²) in [7, 11) is 0. The molecule has 0 radical (unpaired) electrons. The van der Waals surface area contributed by atoms with Crippen molar-refractivity contribution in [3.8, 4) is 0 Å². The molecule has 5 heteroatoms. The molecule has 1 N–H and O–H groups in total. The van der Waals surface area contributed by atoms with Crippen molar-refractivity contribution >= 4 is 22.7 Å². The van der Waals surface area contributed by atoms with Gasteiger partial charge < -0.3 is 14.8 Å². The van der Waals surface area contributed by atoms with Crippen LogP contribution in [0.25, 0.3) is 10.9 Å². The molecular weight excluding hydrogens is 470 g/mol. The van der Waals surface area contributed by atoms with Gasteiger partial charge in [-0.3, -0.25) is 9.59 Å². The van der Waals surface area contributed by atoms with E-state index in [-0.39, 0.29) is 17.9 Å². The van der Waals surface area contributed by atoms with Crippen LogP contribution in [-0.2, 0) is 23.4 Å². The fourth-order valence-electron chi connectivity index (χ4n) is 6.33. The van der Waals surface area contributed by atoms with Gasteiger partial charge in [0.1, 0.15) is 5.69 Å². The van der Waals surface area contributed by atoms with Gasteiger partial charge in [0.15, 0.2) is 5.54 Å². The van der Waals surface area contributed by atoms with Crippen molar-refractivity contribution in [1.82, 2.24) is 14.8 Å². The number of hydrogen-bond donors (Lipinski definition) is 1. The second-order valence-electron chi connectivity index (χ2n) is 10.9. The number of aryl methyl sites for hydroxylation is 1. The van der Waals surface area contributed by atoms with E-state index in [0.717, 1.165) is 53.3 Å². The molecule has 0 bridgehead atoms. The van der Waals surface area contributed by atoms with Crippen molar-refractivity contribution in [1.29, 1.82) is 0 Å². The molecule has 1 atom stereocenters. The molecule has 4 aromatic rings. The van der Waals surface area contributed by atoms with E-state index in [1.807, 2.05) is 71.6 Å². The first-order valence-corrected chi connectivity index (χ1v) is 13.9. The molecule has 0 spiro atoms. The van der Waals surface area contributed by atoms with E-state index in [1.165, 1.54) is 12.8 Å². The third-order valence-electron chi connectivity index (χ3n) is 8.37. The molecular formula is C33H35N3O2. The molecule has 1 saturated carbocycles. The Bertz CT molecular complexity index is 1450. The summed E-state index contributed by atoms with van der Waals surface area (Å²) < 4.78 is 2.08. The van der Waals surface area contributed by atoms with Gasteiger partial charge in [-0.1, -0.05) is 98.5 Å². The van der Waals surface area contributed by atoms with Crippen LogP contribution in [0.15, 0.2) is 84.9 Å². The first-order chi connectivity index (χ1) is 18.6. The molecule has 2 amide bonds. The molecule has 1 aliphatic heterocycles. The minimum absolute atomic E-state index is 0.0833. The minimum atomic E-state index is -1.18. The third-order valence-corrected chi connectivity index (χ3v) is 8.37. The summed E-state index contributed by atoms with van der Waals surface area (Å²) >= 11 is 0. The summed E-state index contributed by atoms with van der Waals surface area (Å²) in [4.78, 5) is 30.9. The second kappa shape index (κ2) is 10.1. The molecule has 38 heavy (non-hydrogen) atoms. The Kier molecular flexibility index (Phi) is 6.52. The predicted octanol–water partition coefficient (Wildman–Crippen LogP) is 6.34. The zero-order valence-corrected chi connectivity index (χ0v) is 22.0. The minimum Gasteiger partial charge on any atom is -0.351 e. The van der Waals surface area contributed by atoms with Crippen LogP contribution in [-0.4, -0.2) is 27.3 Å². The molecule has 3 aromatic carbocycles. The smallest absolute Gasteiger partial charge is 0.272 e. The van der Waals surface area contributed by atoms with E-state index in [2.05, 4.69) is 35.0 Å². The number of fused-ring (bicyclic) bond motifs is 3. The summed E-state index contributed by atoms with van der Waals surface area (Å²) in [6, 6.07) is 28.3. The van der Waals surface area contributed by atoms with E-state index in [1.54, 1.807) is 0 Å². The number of hydrogen-bond acceptors (Lipinski definition) is 2. The molecule has 1 aromatic heterocycles. The highest BCUT2D eigenvalue weighted by Gasteiger charge is 2.52. The van der Waals surface area contributed by atoms with Crippen molar-refractivity contribution in [3.63, 3.8) is 0 Å². The maximum Gasteiger partial charge on any atom is 0.272 e. The molecule has 1 aliphatic carbocycles. The van der Waals surface area contributed by atoms with Gasteiger partial charge in [0, 0.05) is 23.5 Å². The van der Waals surface area contributed by atoms with Crippen LogP contribution < -0.4 is 5.32 Å². The third kappa shape index (κ3) is 4.30. The van der Waals surface area contributed by atoms with Crippen LogP contribution in [0.2, 0.25) is 0 Å². The van der Waals surface area contributed by atoms with Gasteiger partial charge >= 0.3 is 0 Å². The molecule has 1 fully saturated rings. The average Bonchev–Trinajstić information content (AvgIpc) is 3.10. The number of benzene rings is 3. The fraction of sp³-hybridized carbons (Fsp3) is 0.333. The lowest BCUT2D eigenvalue weighted by Crippen LogP contribution is -2.63. The molecule has 194 valence electrons. The van der Waals surface area contributed by atoms with Crippen LogP contribution in [0.5, 0.6) is 0 Å². The van der Waals surface area contributed by atoms with E-state index < -0.39 is 5.54 Å². The molecule has 6 rings (SSSR count). The van der Waals surface area contributed by atoms with E-state index in [4.69, 9.17) is 0 Å². The number of aromatic nitrogens is 1. The Morgan fingerprint density at radius 1 is 0.895 bits per heavy atom. The number of nitrogens with one attached hydrogen (secondary N) is 1. The van der Waals surface area contributed by atoms with Crippen LogP contribution >= 0.6 is 0 Å². The lowest BCUT2D eigenvalue weighted by Gasteiger charge is -2.47. The van der Waals surface area contributed by atoms with Crippen LogP contribution in [0, 0.1) is 6.92 Å². The fourth-order valence-corrected chi connectivity index (χ4v) is 6.33. The van der Waals surface area contributed by atoms with Crippen LogP contribution in [0.4, 0.5) is 0 Å². The van der Waals surface area contributed by atoms with Crippen LogP contribution in [0.1, 0.15) is 65.7 Å². The largest absolute Gasteiger partial charge is 0.351 e. The Hall–Kier alpha value is -3.86. The number of carbonyl (C=O) groups is 2. The van der Waals surface area contributed by atoms with Crippen LogP contribution in [0.3, 0.4) is 0 Å². The van der Waals surface area contributed by atoms with Gasteiger partial charge in [0.25, 0.3) is 11.8 Å². The van der Waals surface area contributed by atoms with Gasteiger partial charge in [-0.2, -0.15) is 0 Å². The van der Waals surface area contributed by atoms with Gasteiger partial charge in [0.05, 0.1) is 6.54 Å². The number of nitrogens with zero attached hydrogens (tertiary/aromatic N) is 2. The highest BCUT2D eigenvalue weighted by Crippen LogP contribution is 2.40. The SMILES string of the molecule is Cc1ccc2cc3n(c2c1)C[C@@](C(=O)NC1CCCCCC1)(c1ccccc1)N(Cc1ccccc1)C3=O. The molecule has 2 aliphatic rings. The monoisotopic (exact) mass is 505 g/mol. The van der Waals surface area contributed by atoms with Crippen molar-refractivity contribution in [2.45, 2.75) is 70.1 Å². The Labute approximate surface area is 224 Å². The van der Waals surface area contributed by atoms with Crippen molar-refractivity contribution in [2.75, 3.05) is 0 Å². The maximum atomic E-state index is 14.7. The van der Waals surface area contributed by atoms with Crippen molar-refractivity contribution in [2.24, 2.45) is 0 Å². The summed E-state index contributed by atoms with van der Waals surface area (Å²) in [6.45, 7) is 2.79. The highest BCUT2D eigenvalue weighted by atomic mass is 16.2. The molecule has 5 nitrogen and oxygen atoms in total. The van der Waals surface area contributed by atoms with Crippen molar-refractivity contribution in [3.05, 3.63) is 107 Å². The van der Waals surface area contributed by atoms with E-state index >= 15 is 0 Å². The standard InChI is InChI=1S/C33H35N3O2/c1-24-18-19-26-21-30-31(37)36(22-25-12-6-4-7-13-25)33(23-35(30)29(26)20-24,27-14-8-5-9-15-27)32(38)34-28-16-10-2-3-11-17-28/h4-9,12-15,18-21,28H,2-3,10-11,16-17,22-23H2,1H3,(H,34,38)/t33-/m0/s1. The topological polar surface area (TPSA) is 54.3 Å². The lowest BCUT2D eigenvalue weighted by molar-refractivity contribution is -0.136. The quantitative estimate of drug-likeness (QED) is 0.322. The highest BCUT2D eigenvalue weighted by molar-refractivity contribution is 6.04. The summed E-state index contributed by atoms with van der Waals surface area (Å²) in [6.07, 6.45) is 6.66. The zero-order valence-electron chi connectivity index (χ0n) is 22.0. The average molecular weight is 506 g/mol. The Morgan fingerprint density at radius 3 is 2.29 bits per heavy atom. The molecule has 2 heterocycles. The molecule has 0 saturated heterocycles.